The Bertz CT molecular complexity index is 880. The van der Waals surface area contributed by atoms with Crippen molar-refractivity contribution in [3.63, 3.8) is 0 Å². The Hall–Kier alpha value is -2.74. The van der Waals surface area contributed by atoms with Gasteiger partial charge in [-0.25, -0.2) is 15.0 Å². The van der Waals surface area contributed by atoms with Gasteiger partial charge in [-0.2, -0.15) is 0 Å². The second-order valence-corrected chi connectivity index (χ2v) is 6.78. The molecular weight excluding hydrogens is 332 g/mol. The molecule has 1 amide bonds. The third-order valence-corrected chi connectivity index (χ3v) is 5.06. The Morgan fingerprint density at radius 2 is 2.15 bits per heavy atom. The van der Waals surface area contributed by atoms with Crippen LogP contribution < -0.4 is 5.32 Å². The van der Waals surface area contributed by atoms with E-state index in [-0.39, 0.29) is 18.6 Å². The zero-order valence-corrected chi connectivity index (χ0v) is 14.4. The van der Waals surface area contributed by atoms with E-state index in [0.717, 1.165) is 32.1 Å². The summed E-state index contributed by atoms with van der Waals surface area (Å²) in [5.41, 5.74) is 1.68. The van der Waals surface area contributed by atoms with Crippen molar-refractivity contribution in [3.8, 4) is 5.95 Å². The number of amides is 1. The highest BCUT2D eigenvalue weighted by molar-refractivity contribution is 6.03. The molecule has 136 valence electrons. The van der Waals surface area contributed by atoms with Crippen molar-refractivity contribution < 1.29 is 9.90 Å². The monoisotopic (exact) mass is 354 g/mol. The first kappa shape index (κ1) is 16.7. The summed E-state index contributed by atoms with van der Waals surface area (Å²) < 4.78 is 1.68. The number of aliphatic hydroxyl groups excluding tert-OH is 1. The van der Waals surface area contributed by atoms with Crippen LogP contribution in [0.1, 0.15) is 42.6 Å². The standard InChI is InChI=1S/C18H22N6O2/c25-10-6-12-1-3-13(4-2-12)21-17(26)16-15-14(5-7-20-15)22-18(23-16)24-9-8-19-11-24/h5,7-9,11-13,20,25H,1-4,6,10H2,(H,21,26). The number of carbonyl (C=O) groups excluding carboxylic acids is 1. The lowest BCUT2D eigenvalue weighted by atomic mass is 9.84. The quantitative estimate of drug-likeness (QED) is 0.647. The molecule has 0 aliphatic heterocycles. The molecule has 4 rings (SSSR count). The van der Waals surface area contributed by atoms with Crippen LogP contribution in [-0.2, 0) is 0 Å². The molecule has 1 saturated carbocycles. The number of imidazole rings is 1. The van der Waals surface area contributed by atoms with Crippen molar-refractivity contribution >= 4 is 16.9 Å². The number of hydrogen-bond donors (Lipinski definition) is 3. The van der Waals surface area contributed by atoms with E-state index >= 15 is 0 Å². The number of H-pyrrole nitrogens is 1. The van der Waals surface area contributed by atoms with Gasteiger partial charge in [0, 0.05) is 31.2 Å². The van der Waals surface area contributed by atoms with Crippen LogP contribution in [0.25, 0.3) is 17.0 Å². The summed E-state index contributed by atoms with van der Waals surface area (Å²) in [6, 6.07) is 1.98. The fourth-order valence-electron chi connectivity index (χ4n) is 3.62. The zero-order chi connectivity index (χ0) is 17.9. The molecule has 1 aliphatic carbocycles. The highest BCUT2D eigenvalue weighted by Gasteiger charge is 2.24. The summed E-state index contributed by atoms with van der Waals surface area (Å²) in [5, 5.41) is 12.2. The number of carbonyl (C=O) groups is 1. The van der Waals surface area contributed by atoms with E-state index in [0.29, 0.717) is 28.6 Å². The van der Waals surface area contributed by atoms with Crippen molar-refractivity contribution in [1.29, 1.82) is 0 Å². The molecule has 1 fully saturated rings. The highest BCUT2D eigenvalue weighted by Crippen LogP contribution is 2.27. The van der Waals surface area contributed by atoms with Crippen LogP contribution in [0.5, 0.6) is 0 Å². The molecule has 0 saturated heterocycles. The number of nitrogens with one attached hydrogen (secondary N) is 2. The average molecular weight is 354 g/mol. The third kappa shape index (κ3) is 3.32. The van der Waals surface area contributed by atoms with Gasteiger partial charge < -0.3 is 15.4 Å². The lowest BCUT2D eigenvalue weighted by Gasteiger charge is -2.28. The lowest BCUT2D eigenvalue weighted by molar-refractivity contribution is 0.0915. The summed E-state index contributed by atoms with van der Waals surface area (Å²) >= 11 is 0. The first-order chi connectivity index (χ1) is 12.7. The lowest BCUT2D eigenvalue weighted by Crippen LogP contribution is -2.38. The van der Waals surface area contributed by atoms with Crippen LogP contribution in [0, 0.1) is 5.92 Å². The number of aromatic nitrogens is 5. The van der Waals surface area contributed by atoms with E-state index in [2.05, 4.69) is 25.3 Å². The number of aliphatic hydroxyl groups is 1. The topological polar surface area (TPSA) is 109 Å². The highest BCUT2D eigenvalue weighted by atomic mass is 16.3. The van der Waals surface area contributed by atoms with Crippen LogP contribution in [0.4, 0.5) is 0 Å². The van der Waals surface area contributed by atoms with Gasteiger partial charge >= 0.3 is 0 Å². The molecule has 0 radical (unpaired) electrons. The van der Waals surface area contributed by atoms with Crippen molar-refractivity contribution in [1.82, 2.24) is 29.8 Å². The first-order valence-electron chi connectivity index (χ1n) is 9.00. The molecule has 8 nitrogen and oxygen atoms in total. The molecule has 0 unspecified atom stereocenters. The van der Waals surface area contributed by atoms with E-state index in [1.807, 2.05) is 6.07 Å². The fraction of sp³-hybridized carbons (Fsp3) is 0.444. The van der Waals surface area contributed by atoms with Gasteiger partial charge in [0.05, 0.1) is 11.0 Å². The minimum absolute atomic E-state index is 0.147. The smallest absolute Gasteiger partial charge is 0.272 e. The maximum absolute atomic E-state index is 12.9. The van der Waals surface area contributed by atoms with E-state index < -0.39 is 0 Å². The van der Waals surface area contributed by atoms with Crippen LogP contribution in [-0.4, -0.2) is 48.2 Å². The maximum atomic E-state index is 12.9. The fourth-order valence-corrected chi connectivity index (χ4v) is 3.62. The van der Waals surface area contributed by atoms with Crippen molar-refractivity contribution in [2.24, 2.45) is 5.92 Å². The van der Waals surface area contributed by atoms with Crippen molar-refractivity contribution in [3.05, 3.63) is 36.7 Å². The largest absolute Gasteiger partial charge is 0.396 e. The van der Waals surface area contributed by atoms with E-state index in [1.54, 1.807) is 29.5 Å². The molecule has 0 bridgehead atoms. The van der Waals surface area contributed by atoms with E-state index in [4.69, 9.17) is 5.11 Å². The minimum atomic E-state index is -0.188. The number of aromatic amines is 1. The van der Waals surface area contributed by atoms with Crippen LogP contribution >= 0.6 is 0 Å². The summed E-state index contributed by atoms with van der Waals surface area (Å²) in [6.45, 7) is 0.241. The number of hydrogen-bond acceptors (Lipinski definition) is 5. The van der Waals surface area contributed by atoms with Gasteiger partial charge in [0.25, 0.3) is 5.91 Å². The molecule has 3 aromatic rings. The molecule has 0 aromatic carbocycles. The molecule has 3 aromatic heterocycles. The number of nitrogens with zero attached hydrogens (tertiary/aromatic N) is 4. The van der Waals surface area contributed by atoms with Gasteiger partial charge in [0.15, 0.2) is 5.69 Å². The van der Waals surface area contributed by atoms with Crippen LogP contribution in [0.3, 0.4) is 0 Å². The molecule has 0 atom stereocenters. The zero-order valence-electron chi connectivity index (χ0n) is 14.4. The van der Waals surface area contributed by atoms with Crippen LogP contribution in [0.2, 0.25) is 0 Å². The molecule has 3 N–H and O–H groups in total. The van der Waals surface area contributed by atoms with Gasteiger partial charge in [-0.15, -0.1) is 0 Å². The van der Waals surface area contributed by atoms with Gasteiger partial charge in [-0.1, -0.05) is 0 Å². The number of fused-ring (bicyclic) bond motifs is 1. The Morgan fingerprint density at radius 3 is 2.88 bits per heavy atom. The predicted molar refractivity (Wildman–Crippen MR) is 95.9 cm³/mol. The van der Waals surface area contributed by atoms with E-state index in [1.165, 1.54) is 0 Å². The third-order valence-electron chi connectivity index (χ3n) is 5.06. The molecule has 0 spiro atoms. The molecule has 3 heterocycles. The van der Waals surface area contributed by atoms with Gasteiger partial charge in [-0.05, 0) is 44.1 Å². The molecule has 8 heteroatoms. The Kier molecular flexibility index (Phi) is 4.66. The van der Waals surface area contributed by atoms with Gasteiger partial charge in [0.1, 0.15) is 6.33 Å². The average Bonchev–Trinajstić information content (AvgIpc) is 3.34. The SMILES string of the molecule is O=C(NC1CCC(CCO)CC1)c1nc(-n2ccnc2)nc2cc[nH]c12. The minimum Gasteiger partial charge on any atom is -0.396 e. The molecule has 26 heavy (non-hydrogen) atoms. The van der Waals surface area contributed by atoms with Gasteiger partial charge in [0.2, 0.25) is 5.95 Å². The van der Waals surface area contributed by atoms with Crippen molar-refractivity contribution in [2.75, 3.05) is 6.61 Å². The molecule has 1 aliphatic rings. The predicted octanol–water partition coefficient (Wildman–Crippen LogP) is 1.81. The summed E-state index contributed by atoms with van der Waals surface area (Å²) in [4.78, 5) is 28.9. The summed E-state index contributed by atoms with van der Waals surface area (Å²) in [6.07, 6.45) is 11.6. The van der Waals surface area contributed by atoms with Crippen LogP contribution in [0.15, 0.2) is 31.0 Å². The molecular formula is C18H22N6O2. The summed E-state index contributed by atoms with van der Waals surface area (Å²) in [7, 11) is 0. The Balaban J connectivity index is 1.54. The Labute approximate surface area is 150 Å². The second kappa shape index (κ2) is 7.25. The maximum Gasteiger partial charge on any atom is 0.272 e. The van der Waals surface area contributed by atoms with Crippen molar-refractivity contribution in [2.45, 2.75) is 38.1 Å². The second-order valence-electron chi connectivity index (χ2n) is 6.78. The Morgan fingerprint density at radius 1 is 1.31 bits per heavy atom. The normalized spacial score (nSPS) is 20.3. The summed E-state index contributed by atoms with van der Waals surface area (Å²) in [5.74, 6) is 0.799. The van der Waals surface area contributed by atoms with E-state index in [9.17, 15) is 4.79 Å². The van der Waals surface area contributed by atoms with Gasteiger partial charge in [-0.3, -0.25) is 9.36 Å². The number of rotatable bonds is 5. The first-order valence-corrected chi connectivity index (χ1v) is 9.00.